The Balaban J connectivity index is 1.75. The molecule has 0 unspecified atom stereocenters. The SMILES string of the molecule is O=C(O)c1cc(C(=O)O)cc(-c2ccc([C@@H]3[C@@H](c4ccccn4)NC(=S)N3CCCO)o2)c1. The van der Waals surface area contributed by atoms with E-state index >= 15 is 0 Å². The molecule has 9 nitrogen and oxygen atoms in total. The van der Waals surface area contributed by atoms with Crippen molar-refractivity contribution >= 4 is 29.3 Å². The van der Waals surface area contributed by atoms with E-state index in [4.69, 9.17) is 16.6 Å². The highest BCUT2D eigenvalue weighted by atomic mass is 32.1. The van der Waals surface area contributed by atoms with Gasteiger partial charge >= 0.3 is 11.9 Å². The van der Waals surface area contributed by atoms with E-state index in [0.717, 1.165) is 11.8 Å². The number of thiocarbonyl (C=S) groups is 1. The molecule has 0 spiro atoms. The first-order valence-corrected chi connectivity index (χ1v) is 10.6. The highest BCUT2D eigenvalue weighted by Crippen LogP contribution is 2.40. The molecule has 0 aliphatic carbocycles. The third-order valence-corrected chi connectivity index (χ3v) is 5.74. The van der Waals surface area contributed by atoms with Crippen molar-refractivity contribution in [1.29, 1.82) is 0 Å². The molecule has 10 heteroatoms. The number of pyridine rings is 1. The van der Waals surface area contributed by atoms with Crippen LogP contribution in [0.1, 0.15) is 50.7 Å². The second-order valence-electron chi connectivity index (χ2n) is 7.51. The summed E-state index contributed by atoms with van der Waals surface area (Å²) in [5, 5.41) is 31.8. The van der Waals surface area contributed by atoms with Gasteiger partial charge in [-0.15, -0.1) is 0 Å². The average molecular weight is 468 g/mol. The van der Waals surface area contributed by atoms with E-state index in [1.54, 1.807) is 18.3 Å². The highest BCUT2D eigenvalue weighted by Gasteiger charge is 2.41. The first-order chi connectivity index (χ1) is 15.9. The van der Waals surface area contributed by atoms with Gasteiger partial charge in [0.05, 0.1) is 22.9 Å². The van der Waals surface area contributed by atoms with Crippen LogP contribution in [0.5, 0.6) is 0 Å². The molecular weight excluding hydrogens is 446 g/mol. The summed E-state index contributed by atoms with van der Waals surface area (Å²) in [6, 6.07) is 12.2. The molecule has 1 aliphatic heterocycles. The van der Waals surface area contributed by atoms with Crippen LogP contribution < -0.4 is 5.32 Å². The normalized spacial score (nSPS) is 17.7. The zero-order valence-electron chi connectivity index (χ0n) is 17.3. The second kappa shape index (κ2) is 9.39. The van der Waals surface area contributed by atoms with Gasteiger partial charge in [0, 0.05) is 24.9 Å². The monoisotopic (exact) mass is 467 g/mol. The number of furan rings is 1. The van der Waals surface area contributed by atoms with Gasteiger partial charge in [-0.2, -0.15) is 0 Å². The molecule has 170 valence electrons. The van der Waals surface area contributed by atoms with Gasteiger partial charge in [-0.3, -0.25) is 4.98 Å². The van der Waals surface area contributed by atoms with E-state index < -0.39 is 11.9 Å². The number of aromatic carboxylic acids is 2. The molecule has 0 saturated carbocycles. The number of carboxylic acid groups (broad SMARTS) is 2. The van der Waals surface area contributed by atoms with Crippen molar-refractivity contribution in [2.75, 3.05) is 13.2 Å². The van der Waals surface area contributed by atoms with Crippen LogP contribution in [-0.2, 0) is 0 Å². The fourth-order valence-electron chi connectivity index (χ4n) is 3.88. The summed E-state index contributed by atoms with van der Waals surface area (Å²) >= 11 is 5.53. The van der Waals surface area contributed by atoms with Gasteiger partial charge in [0.25, 0.3) is 0 Å². The van der Waals surface area contributed by atoms with Crippen LogP contribution in [0, 0.1) is 0 Å². The molecule has 0 radical (unpaired) electrons. The Morgan fingerprint density at radius 3 is 2.42 bits per heavy atom. The smallest absolute Gasteiger partial charge is 0.335 e. The number of aromatic nitrogens is 1. The van der Waals surface area contributed by atoms with Crippen molar-refractivity contribution in [3.05, 3.63) is 77.3 Å². The molecule has 0 amide bonds. The fourth-order valence-corrected chi connectivity index (χ4v) is 4.21. The van der Waals surface area contributed by atoms with Crippen molar-refractivity contribution in [3.63, 3.8) is 0 Å². The molecule has 2 atom stereocenters. The summed E-state index contributed by atoms with van der Waals surface area (Å²) in [5.41, 5.74) is 0.795. The number of carbonyl (C=O) groups is 2. The molecular formula is C23H21N3O6S. The number of nitrogens with zero attached hydrogens (tertiary/aromatic N) is 2. The van der Waals surface area contributed by atoms with Crippen LogP contribution in [0.25, 0.3) is 11.3 Å². The van der Waals surface area contributed by atoms with Crippen LogP contribution >= 0.6 is 12.2 Å². The van der Waals surface area contributed by atoms with Gasteiger partial charge in [-0.25, -0.2) is 9.59 Å². The third kappa shape index (κ3) is 4.57. The molecule has 1 aliphatic rings. The predicted octanol–water partition coefficient (Wildman–Crippen LogP) is 3.09. The summed E-state index contributed by atoms with van der Waals surface area (Å²) in [4.78, 5) is 29.3. The van der Waals surface area contributed by atoms with Crippen LogP contribution in [0.3, 0.4) is 0 Å². The Bertz CT molecular complexity index is 1160. The topological polar surface area (TPSA) is 136 Å². The minimum atomic E-state index is -1.23. The molecule has 4 rings (SSSR count). The van der Waals surface area contributed by atoms with Gasteiger partial charge in [-0.05, 0) is 61.1 Å². The Hall–Kier alpha value is -3.76. The average Bonchev–Trinajstić information content (AvgIpc) is 3.42. The lowest BCUT2D eigenvalue weighted by Crippen LogP contribution is -2.30. The van der Waals surface area contributed by atoms with Crippen LogP contribution in [0.2, 0.25) is 0 Å². The second-order valence-corrected chi connectivity index (χ2v) is 7.90. The van der Waals surface area contributed by atoms with E-state index in [0.29, 0.717) is 35.2 Å². The quantitative estimate of drug-likeness (QED) is 0.366. The number of aliphatic hydroxyl groups excluding tert-OH is 1. The number of aliphatic hydroxyl groups is 1. The summed E-state index contributed by atoms with van der Waals surface area (Å²) in [7, 11) is 0. The van der Waals surface area contributed by atoms with E-state index in [2.05, 4.69) is 10.3 Å². The van der Waals surface area contributed by atoms with Crippen LogP contribution in [0.15, 0.2) is 59.1 Å². The van der Waals surface area contributed by atoms with E-state index in [1.165, 1.54) is 12.1 Å². The maximum absolute atomic E-state index is 11.5. The molecule has 0 bridgehead atoms. The van der Waals surface area contributed by atoms with E-state index in [1.807, 2.05) is 23.1 Å². The van der Waals surface area contributed by atoms with Crippen LogP contribution in [0.4, 0.5) is 0 Å². The number of hydrogen-bond donors (Lipinski definition) is 4. The number of carboxylic acids is 2. The van der Waals surface area contributed by atoms with E-state index in [-0.39, 0.29) is 29.8 Å². The van der Waals surface area contributed by atoms with Crippen molar-refractivity contribution in [2.24, 2.45) is 0 Å². The number of hydrogen-bond acceptors (Lipinski definition) is 6. The standard InChI is InChI=1S/C23H21N3O6S/c27-9-3-8-26-20(19(25-23(26)33)16-4-1-2-7-24-16)18-6-5-17(32-18)13-10-14(21(28)29)12-15(11-13)22(30)31/h1-2,4-7,10-12,19-20,27H,3,8-9H2,(H,25,33)(H,28,29)(H,30,31)/t19-,20-/m1/s1. The molecule has 1 saturated heterocycles. The molecule has 3 aromatic rings. The van der Waals surface area contributed by atoms with Crippen molar-refractivity contribution in [1.82, 2.24) is 15.2 Å². The summed E-state index contributed by atoms with van der Waals surface area (Å²) in [5.74, 6) is -1.59. The zero-order valence-corrected chi connectivity index (χ0v) is 18.2. The summed E-state index contributed by atoms with van der Waals surface area (Å²) in [6.45, 7) is 0.494. The highest BCUT2D eigenvalue weighted by molar-refractivity contribution is 7.80. The van der Waals surface area contributed by atoms with Gasteiger partial charge in [0.15, 0.2) is 5.11 Å². The number of rotatable bonds is 8. The minimum Gasteiger partial charge on any atom is -0.478 e. The predicted molar refractivity (Wildman–Crippen MR) is 122 cm³/mol. The first kappa shape index (κ1) is 22.4. The van der Waals surface area contributed by atoms with Crippen molar-refractivity contribution in [3.8, 4) is 11.3 Å². The molecule has 1 fully saturated rings. The Morgan fingerprint density at radius 1 is 1.09 bits per heavy atom. The molecule has 1 aromatic carbocycles. The Morgan fingerprint density at radius 2 is 1.82 bits per heavy atom. The number of nitrogens with one attached hydrogen (secondary N) is 1. The van der Waals surface area contributed by atoms with Gasteiger partial charge in [0.1, 0.15) is 17.6 Å². The van der Waals surface area contributed by atoms with Crippen molar-refractivity contribution in [2.45, 2.75) is 18.5 Å². The lowest BCUT2D eigenvalue weighted by Gasteiger charge is -2.25. The van der Waals surface area contributed by atoms with E-state index in [9.17, 15) is 24.9 Å². The maximum Gasteiger partial charge on any atom is 0.335 e. The Kier molecular flexibility index (Phi) is 6.38. The molecule has 4 N–H and O–H groups in total. The van der Waals surface area contributed by atoms with Gasteiger partial charge < -0.3 is 30.0 Å². The first-order valence-electron chi connectivity index (χ1n) is 10.2. The summed E-state index contributed by atoms with van der Waals surface area (Å²) in [6.07, 6.45) is 2.19. The minimum absolute atomic E-state index is 0.00341. The van der Waals surface area contributed by atoms with Gasteiger partial charge in [0.2, 0.25) is 0 Å². The lowest BCUT2D eigenvalue weighted by molar-refractivity contribution is 0.0696. The molecule has 2 aromatic heterocycles. The largest absolute Gasteiger partial charge is 0.478 e. The maximum atomic E-state index is 11.5. The van der Waals surface area contributed by atoms with Crippen molar-refractivity contribution < 1.29 is 29.3 Å². The number of benzene rings is 1. The Labute approximate surface area is 194 Å². The van der Waals surface area contributed by atoms with Crippen LogP contribution in [-0.4, -0.2) is 55.4 Å². The van der Waals surface area contributed by atoms with Gasteiger partial charge in [-0.1, -0.05) is 6.07 Å². The molecule has 33 heavy (non-hydrogen) atoms. The zero-order chi connectivity index (χ0) is 23.5. The fraction of sp³-hybridized carbons (Fsp3) is 0.217. The summed E-state index contributed by atoms with van der Waals surface area (Å²) < 4.78 is 6.12. The third-order valence-electron chi connectivity index (χ3n) is 5.38. The molecule has 3 heterocycles. The lowest BCUT2D eigenvalue weighted by atomic mass is 10.0.